The van der Waals surface area contributed by atoms with Crippen LogP contribution in [0.2, 0.25) is 0 Å². The Bertz CT molecular complexity index is 3140. The third-order valence-electron chi connectivity index (χ3n) is 10.3. The maximum absolute atomic E-state index is 8.43. The molecule has 0 spiro atoms. The summed E-state index contributed by atoms with van der Waals surface area (Å²) in [5, 5.41) is 2.06. The van der Waals surface area contributed by atoms with Gasteiger partial charge in [0.15, 0.2) is 0 Å². The van der Waals surface area contributed by atoms with E-state index in [1.807, 2.05) is 42.6 Å². The van der Waals surface area contributed by atoms with E-state index in [1.54, 1.807) is 24.0 Å². The van der Waals surface area contributed by atoms with E-state index in [0.717, 1.165) is 49.9 Å². The van der Waals surface area contributed by atoms with Crippen LogP contribution >= 0.6 is 0 Å². The number of nitrogens with zero attached hydrogens (tertiary/aromatic N) is 5. The Labute approximate surface area is 347 Å². The van der Waals surface area contributed by atoms with Crippen LogP contribution in [0.3, 0.4) is 0 Å². The van der Waals surface area contributed by atoms with Crippen LogP contribution in [-0.2, 0) is 25.8 Å². The molecule has 3 aromatic heterocycles. The third-order valence-corrected chi connectivity index (χ3v) is 10.3. The molecule has 0 amide bonds. The molecule has 9 aromatic rings. The molecule has 0 saturated carbocycles. The van der Waals surface area contributed by atoms with Crippen LogP contribution in [0.25, 0.3) is 44.3 Å². The Morgan fingerprint density at radius 1 is 0.643 bits per heavy atom. The van der Waals surface area contributed by atoms with Crippen molar-refractivity contribution in [2.45, 2.75) is 19.3 Å². The van der Waals surface area contributed by atoms with Crippen molar-refractivity contribution < 1.29 is 32.0 Å². The molecule has 1 aliphatic rings. The molecule has 0 bridgehead atoms. The number of benzene rings is 6. The maximum Gasteiger partial charge on any atom is 0.135 e. The Balaban J connectivity index is 0.00000476. The molecule has 7 heteroatoms. The summed E-state index contributed by atoms with van der Waals surface area (Å²) in [4.78, 5) is 8.28. The normalized spacial score (nSPS) is 14.1. The van der Waals surface area contributed by atoms with Crippen LogP contribution < -0.4 is 14.5 Å². The summed E-state index contributed by atoms with van der Waals surface area (Å²) >= 11 is 0. The maximum atomic E-state index is 8.43. The predicted molar refractivity (Wildman–Crippen MR) is 223 cm³/mol. The van der Waals surface area contributed by atoms with Crippen molar-refractivity contribution in [3.05, 3.63) is 206 Å². The molecule has 0 saturated heterocycles. The molecule has 0 aliphatic carbocycles. The fourth-order valence-corrected chi connectivity index (χ4v) is 7.49. The average molecular weight is 822 g/mol. The molecule has 6 aromatic carbocycles. The molecule has 0 atom stereocenters. The van der Waals surface area contributed by atoms with Gasteiger partial charge in [0.1, 0.15) is 5.82 Å². The number of pyridine rings is 1. The number of fused-ring (bicyclic) bond motifs is 5. The quantitative estimate of drug-likeness (QED) is 0.113. The van der Waals surface area contributed by atoms with Gasteiger partial charge in [-0.1, -0.05) is 110 Å². The van der Waals surface area contributed by atoms with E-state index in [9.17, 15) is 0 Å². The molecule has 4 heterocycles. The Hall–Kier alpha value is -6.39. The van der Waals surface area contributed by atoms with Crippen LogP contribution in [0.5, 0.6) is 11.5 Å². The van der Waals surface area contributed by atoms with Crippen LogP contribution in [0.15, 0.2) is 176 Å². The Morgan fingerprint density at radius 2 is 1.36 bits per heavy atom. The number of anilines is 2. The van der Waals surface area contributed by atoms with Gasteiger partial charge in [-0.15, -0.1) is 42.7 Å². The molecule has 0 N–H and O–H groups in total. The summed E-state index contributed by atoms with van der Waals surface area (Å²) in [6.07, 6.45) is 5.26. The van der Waals surface area contributed by atoms with E-state index < -0.39 is 18.1 Å². The molecule has 6 nitrogen and oxygen atoms in total. The van der Waals surface area contributed by atoms with Gasteiger partial charge in [-0.3, -0.25) is 0 Å². The summed E-state index contributed by atoms with van der Waals surface area (Å²) in [6.45, 7) is 6.11. The Morgan fingerprint density at radius 3 is 2.18 bits per heavy atom. The van der Waals surface area contributed by atoms with Crippen molar-refractivity contribution in [2.24, 2.45) is 0 Å². The molecule has 0 radical (unpaired) electrons. The standard InChI is InChI=1S/C49H36N5O.Pd/c1-49(2,35-15-6-3-7-16-35)36-27-28-50-46(31-36)54-45-33-41(55-40-22-14-21-39(32-40)52-30-29-51(34-52)37-17-8-4-9-18-37)25-26-43(45)47-48(54)42-23-12-13-24-44(42)53(47)38-19-10-5-11-20-38;/h3-31,34H,1-2H3;/q-3;/i4D,8D,9D,17D,18D;. The molecule has 1 aliphatic heterocycles. The largest absolute Gasteiger partial charge is 0.509 e. The molecule has 0 fully saturated rings. The molecule has 276 valence electrons. The monoisotopic (exact) mass is 821 g/mol. The number of ether oxygens (including phenoxy) is 1. The zero-order valence-corrected chi connectivity index (χ0v) is 31.9. The second-order valence-electron chi connectivity index (χ2n) is 13.9. The van der Waals surface area contributed by atoms with Crippen molar-refractivity contribution in [1.29, 1.82) is 0 Å². The minimum absolute atomic E-state index is 0. The van der Waals surface area contributed by atoms with E-state index in [4.69, 9.17) is 16.6 Å². The van der Waals surface area contributed by atoms with Crippen LogP contribution in [0.4, 0.5) is 11.4 Å². The number of para-hydroxylation sites is 3. The summed E-state index contributed by atoms with van der Waals surface area (Å²) < 4.78 is 52.1. The van der Waals surface area contributed by atoms with Crippen LogP contribution in [0.1, 0.15) is 31.8 Å². The van der Waals surface area contributed by atoms with Gasteiger partial charge in [0.05, 0.1) is 17.9 Å². The van der Waals surface area contributed by atoms with Gasteiger partial charge >= 0.3 is 0 Å². The third kappa shape index (κ3) is 6.06. The minimum Gasteiger partial charge on any atom is -0.509 e. The molecular weight excluding hydrogens is 781 g/mol. The predicted octanol–water partition coefficient (Wildman–Crippen LogP) is 11.8. The molecule has 56 heavy (non-hydrogen) atoms. The number of hydrogen-bond donors (Lipinski definition) is 0. The van der Waals surface area contributed by atoms with Gasteiger partial charge in [-0.05, 0) is 65.9 Å². The SMILES string of the molecule is [2H]c1c([2H])c([2H])c(N2C=CN(c3[c-]c(Oc4[c-]c5c(cc4)c4c(c6ccccc6n4-c4ccccc4)n5-c4cc(C(C)(C)c5ccccc5)ccn4)ccc3)[CH-]2)c([2H])c1[2H].[Pd]. The van der Waals surface area contributed by atoms with Gasteiger partial charge in [0, 0.05) is 65.8 Å². The van der Waals surface area contributed by atoms with E-state index >= 15 is 0 Å². The van der Waals surface area contributed by atoms with E-state index in [-0.39, 0.29) is 43.6 Å². The summed E-state index contributed by atoms with van der Waals surface area (Å²) in [5.74, 6) is 1.68. The first kappa shape index (κ1) is 29.9. The van der Waals surface area contributed by atoms with Gasteiger partial charge in [0.25, 0.3) is 0 Å². The van der Waals surface area contributed by atoms with Gasteiger partial charge in [-0.2, -0.15) is 12.1 Å². The second-order valence-corrected chi connectivity index (χ2v) is 13.9. The first-order chi connectivity index (χ1) is 29.1. The minimum atomic E-state index is -0.436. The second kappa shape index (κ2) is 14.4. The fraction of sp³-hybridized carbons (Fsp3) is 0.0612. The smallest absolute Gasteiger partial charge is 0.135 e. The van der Waals surface area contributed by atoms with E-state index in [0.29, 0.717) is 17.2 Å². The fourth-order valence-electron chi connectivity index (χ4n) is 7.49. The first-order valence-corrected chi connectivity index (χ1v) is 18.0. The first-order valence-electron chi connectivity index (χ1n) is 20.5. The van der Waals surface area contributed by atoms with Gasteiger partial charge < -0.3 is 23.7 Å². The van der Waals surface area contributed by atoms with Gasteiger partial charge in [-0.25, -0.2) is 4.98 Å². The number of hydrogen-bond acceptors (Lipinski definition) is 4. The number of aromatic nitrogens is 3. The van der Waals surface area contributed by atoms with Crippen LogP contribution in [0, 0.1) is 18.8 Å². The molecular formula is C49H36N5OPd-3. The average Bonchev–Trinajstić information content (AvgIpc) is 3.99. The van der Waals surface area contributed by atoms with E-state index in [1.165, 1.54) is 10.5 Å². The van der Waals surface area contributed by atoms with Crippen molar-refractivity contribution in [2.75, 3.05) is 9.80 Å². The zero-order chi connectivity index (χ0) is 41.3. The molecule has 0 unspecified atom stereocenters. The van der Waals surface area contributed by atoms with E-state index in [2.05, 4.69) is 126 Å². The molecule has 10 rings (SSSR count). The Kier molecular flexibility index (Phi) is 7.67. The van der Waals surface area contributed by atoms with Crippen molar-refractivity contribution in [3.8, 4) is 23.0 Å². The van der Waals surface area contributed by atoms with Crippen LogP contribution in [-0.4, -0.2) is 14.1 Å². The van der Waals surface area contributed by atoms with Crippen molar-refractivity contribution >= 4 is 44.2 Å². The number of rotatable bonds is 8. The summed E-state index contributed by atoms with van der Waals surface area (Å²) in [6, 6.07) is 48.3. The summed E-state index contributed by atoms with van der Waals surface area (Å²) in [7, 11) is 0. The zero-order valence-electron chi connectivity index (χ0n) is 35.4. The summed E-state index contributed by atoms with van der Waals surface area (Å²) in [5.41, 5.74) is 7.67. The van der Waals surface area contributed by atoms with Crippen molar-refractivity contribution in [3.63, 3.8) is 0 Å². The van der Waals surface area contributed by atoms with Crippen molar-refractivity contribution in [1.82, 2.24) is 14.1 Å². The topological polar surface area (TPSA) is 38.5 Å². The van der Waals surface area contributed by atoms with Gasteiger partial charge in [0.2, 0.25) is 0 Å².